The Morgan fingerprint density at radius 1 is 1.21 bits per heavy atom. The minimum Gasteiger partial charge on any atom is -0.266 e. The predicted molar refractivity (Wildman–Crippen MR) is 101 cm³/mol. The summed E-state index contributed by atoms with van der Waals surface area (Å²) in [5.74, 6) is -0.858. The standard InChI is InChI=1S/C15H8Cl3FN2OS2/c1-6(9-5-11(16)24-14(9)18)20-21-15(22)13-12(17)8-3-2-7(19)4-10(8)23-13/h2-5H,1H3,(H,21,22)/b20-6+. The van der Waals surface area contributed by atoms with Gasteiger partial charge in [0.1, 0.15) is 15.0 Å². The molecule has 0 aliphatic heterocycles. The number of thiophene rings is 2. The van der Waals surface area contributed by atoms with Crippen molar-refractivity contribution in [2.45, 2.75) is 6.92 Å². The highest BCUT2D eigenvalue weighted by Gasteiger charge is 2.17. The number of carbonyl (C=O) groups excluding carboxylic acids is 1. The minimum absolute atomic E-state index is 0.267. The molecule has 3 aromatic rings. The van der Waals surface area contributed by atoms with E-state index in [1.54, 1.807) is 19.1 Å². The predicted octanol–water partition coefficient (Wildman–Crippen LogP) is 6.22. The van der Waals surface area contributed by atoms with Crippen LogP contribution in [0.2, 0.25) is 13.7 Å². The molecule has 0 saturated carbocycles. The minimum atomic E-state index is -0.474. The number of benzene rings is 1. The summed E-state index contributed by atoms with van der Waals surface area (Å²) in [4.78, 5) is 12.6. The fourth-order valence-corrected chi connectivity index (χ4v) is 5.01. The molecule has 0 saturated heterocycles. The second-order valence-electron chi connectivity index (χ2n) is 4.76. The van der Waals surface area contributed by atoms with Crippen LogP contribution in [-0.4, -0.2) is 11.6 Å². The molecule has 1 N–H and O–H groups in total. The van der Waals surface area contributed by atoms with E-state index in [4.69, 9.17) is 34.8 Å². The summed E-state index contributed by atoms with van der Waals surface area (Å²) in [7, 11) is 0. The molecule has 0 atom stereocenters. The van der Waals surface area contributed by atoms with Crippen LogP contribution in [0.25, 0.3) is 10.1 Å². The summed E-state index contributed by atoms with van der Waals surface area (Å²) >= 11 is 20.5. The Morgan fingerprint density at radius 2 is 1.96 bits per heavy atom. The summed E-state index contributed by atoms with van der Waals surface area (Å²) in [6.07, 6.45) is 0. The molecule has 0 spiro atoms. The molecule has 9 heteroatoms. The number of fused-ring (bicyclic) bond motifs is 1. The number of nitrogens with one attached hydrogen (secondary N) is 1. The van der Waals surface area contributed by atoms with Crippen LogP contribution in [0.15, 0.2) is 29.4 Å². The average Bonchev–Trinajstić information content (AvgIpc) is 3.04. The van der Waals surface area contributed by atoms with Crippen LogP contribution in [0.3, 0.4) is 0 Å². The van der Waals surface area contributed by atoms with Gasteiger partial charge in [0.05, 0.1) is 15.1 Å². The van der Waals surface area contributed by atoms with Crippen molar-refractivity contribution in [3.8, 4) is 0 Å². The van der Waals surface area contributed by atoms with Gasteiger partial charge >= 0.3 is 0 Å². The van der Waals surface area contributed by atoms with Crippen LogP contribution >= 0.6 is 57.5 Å². The van der Waals surface area contributed by atoms with Crippen molar-refractivity contribution in [2.75, 3.05) is 0 Å². The Hall–Kier alpha value is -1.18. The highest BCUT2D eigenvalue weighted by atomic mass is 35.5. The Labute approximate surface area is 159 Å². The van der Waals surface area contributed by atoms with Crippen molar-refractivity contribution in [1.29, 1.82) is 0 Å². The number of carbonyl (C=O) groups is 1. The summed E-state index contributed by atoms with van der Waals surface area (Å²) < 4.78 is 14.9. The zero-order chi connectivity index (χ0) is 17.4. The van der Waals surface area contributed by atoms with Gasteiger partial charge in [-0.15, -0.1) is 22.7 Å². The topological polar surface area (TPSA) is 41.5 Å². The molecule has 3 rings (SSSR count). The molecule has 3 nitrogen and oxygen atoms in total. The molecule has 24 heavy (non-hydrogen) atoms. The molecule has 0 radical (unpaired) electrons. The quantitative estimate of drug-likeness (QED) is 0.396. The lowest BCUT2D eigenvalue weighted by Crippen LogP contribution is -2.18. The highest BCUT2D eigenvalue weighted by Crippen LogP contribution is 2.35. The Balaban J connectivity index is 1.86. The normalized spacial score (nSPS) is 12.0. The third kappa shape index (κ3) is 3.43. The number of hydrogen-bond donors (Lipinski definition) is 1. The SMILES string of the molecule is C/C(=N\NC(=O)c1sc2cc(F)ccc2c1Cl)c1cc(Cl)sc1Cl. The number of nitrogens with zero attached hydrogens (tertiary/aromatic N) is 1. The molecule has 2 aromatic heterocycles. The van der Waals surface area contributed by atoms with E-state index in [9.17, 15) is 9.18 Å². The molecule has 0 unspecified atom stereocenters. The Morgan fingerprint density at radius 3 is 2.62 bits per heavy atom. The van der Waals surface area contributed by atoms with Crippen LogP contribution in [0.4, 0.5) is 4.39 Å². The van der Waals surface area contributed by atoms with Crippen molar-refractivity contribution in [3.63, 3.8) is 0 Å². The van der Waals surface area contributed by atoms with Crippen LogP contribution in [0.5, 0.6) is 0 Å². The molecule has 1 amide bonds. The Bertz CT molecular complexity index is 981. The summed E-state index contributed by atoms with van der Waals surface area (Å²) in [5, 5.41) is 4.93. The van der Waals surface area contributed by atoms with Gasteiger partial charge in [0, 0.05) is 15.6 Å². The van der Waals surface area contributed by atoms with Crippen molar-refractivity contribution in [2.24, 2.45) is 5.10 Å². The fourth-order valence-electron chi connectivity index (χ4n) is 2.02. The van der Waals surface area contributed by atoms with Gasteiger partial charge in [-0.1, -0.05) is 34.8 Å². The lowest BCUT2D eigenvalue weighted by atomic mass is 10.2. The molecule has 0 aliphatic rings. The van der Waals surface area contributed by atoms with Gasteiger partial charge in [-0.2, -0.15) is 5.10 Å². The molecule has 0 fully saturated rings. The smallest absolute Gasteiger partial charge is 0.266 e. The van der Waals surface area contributed by atoms with Crippen molar-refractivity contribution >= 4 is 79.2 Å². The van der Waals surface area contributed by atoms with Crippen molar-refractivity contribution in [3.05, 3.63) is 54.2 Å². The van der Waals surface area contributed by atoms with Gasteiger partial charge in [0.25, 0.3) is 5.91 Å². The molecule has 124 valence electrons. The largest absolute Gasteiger partial charge is 0.283 e. The fraction of sp³-hybridized carbons (Fsp3) is 0.0667. The maximum atomic E-state index is 13.3. The zero-order valence-corrected chi connectivity index (χ0v) is 15.9. The molecule has 0 aliphatic carbocycles. The first-order chi connectivity index (χ1) is 11.4. The maximum Gasteiger partial charge on any atom is 0.283 e. The van der Waals surface area contributed by atoms with Gasteiger partial charge in [-0.25, -0.2) is 9.82 Å². The van der Waals surface area contributed by atoms with Crippen LogP contribution in [0.1, 0.15) is 22.2 Å². The van der Waals surface area contributed by atoms with E-state index in [0.717, 1.165) is 11.3 Å². The van der Waals surface area contributed by atoms with Crippen LogP contribution < -0.4 is 5.43 Å². The molecule has 0 bridgehead atoms. The number of rotatable bonds is 3. The molecule has 2 heterocycles. The second-order valence-corrected chi connectivity index (χ2v) is 8.48. The third-order valence-electron chi connectivity index (χ3n) is 3.17. The lowest BCUT2D eigenvalue weighted by molar-refractivity contribution is 0.0959. The second kappa shape index (κ2) is 6.98. The molecular formula is C15H8Cl3FN2OS2. The van der Waals surface area contributed by atoms with Crippen LogP contribution in [-0.2, 0) is 0 Å². The lowest BCUT2D eigenvalue weighted by Gasteiger charge is -2.01. The van der Waals surface area contributed by atoms with Crippen molar-refractivity contribution < 1.29 is 9.18 Å². The molecular weight excluding hydrogens is 414 g/mol. The van der Waals surface area contributed by atoms with Crippen LogP contribution in [0, 0.1) is 5.82 Å². The summed E-state index contributed by atoms with van der Waals surface area (Å²) in [6, 6.07) is 5.86. The van der Waals surface area contributed by atoms with Gasteiger partial charge in [-0.3, -0.25) is 4.79 Å². The van der Waals surface area contributed by atoms with E-state index in [-0.39, 0.29) is 15.7 Å². The van der Waals surface area contributed by atoms with E-state index in [1.165, 1.54) is 23.5 Å². The third-order valence-corrected chi connectivity index (χ3v) is 6.31. The van der Waals surface area contributed by atoms with Gasteiger partial charge in [0.15, 0.2) is 0 Å². The van der Waals surface area contributed by atoms with E-state index >= 15 is 0 Å². The van der Waals surface area contributed by atoms with E-state index < -0.39 is 5.91 Å². The number of hydrazone groups is 1. The first kappa shape index (κ1) is 17.6. The van der Waals surface area contributed by atoms with Gasteiger partial charge < -0.3 is 0 Å². The van der Waals surface area contributed by atoms with E-state index in [0.29, 0.717) is 30.0 Å². The van der Waals surface area contributed by atoms with E-state index in [1.807, 2.05) is 0 Å². The van der Waals surface area contributed by atoms with Crippen molar-refractivity contribution in [1.82, 2.24) is 5.43 Å². The summed E-state index contributed by atoms with van der Waals surface area (Å²) in [6.45, 7) is 1.70. The van der Waals surface area contributed by atoms with E-state index in [2.05, 4.69) is 10.5 Å². The first-order valence-corrected chi connectivity index (χ1v) is 9.31. The maximum absolute atomic E-state index is 13.3. The Kier molecular flexibility index (Phi) is 5.13. The number of hydrogen-bond acceptors (Lipinski definition) is 4. The zero-order valence-electron chi connectivity index (χ0n) is 12.0. The number of amides is 1. The summed E-state index contributed by atoms with van der Waals surface area (Å²) in [5.41, 5.74) is 3.60. The molecule has 1 aromatic carbocycles. The van der Waals surface area contributed by atoms with Gasteiger partial charge in [-0.05, 0) is 31.2 Å². The first-order valence-electron chi connectivity index (χ1n) is 6.54. The average molecular weight is 422 g/mol. The van der Waals surface area contributed by atoms with Gasteiger partial charge in [0.2, 0.25) is 0 Å². The monoisotopic (exact) mass is 420 g/mol. The number of halogens is 4. The highest BCUT2D eigenvalue weighted by molar-refractivity contribution is 7.21.